The number of fused-ring (bicyclic) bond motifs is 3. The quantitative estimate of drug-likeness (QED) is 0.864. The number of hydrogen-bond donors (Lipinski definition) is 1. The molecule has 0 radical (unpaired) electrons. The Kier molecular flexibility index (Phi) is 2.28. The highest BCUT2D eigenvalue weighted by molar-refractivity contribution is 6.09. The molecule has 1 N–H and O–H groups in total. The van der Waals surface area contributed by atoms with Crippen molar-refractivity contribution in [2.75, 3.05) is 19.6 Å². The normalized spacial score (nSPS) is 31.1. The van der Waals surface area contributed by atoms with Crippen molar-refractivity contribution in [2.45, 2.75) is 25.4 Å². The van der Waals surface area contributed by atoms with Crippen molar-refractivity contribution >= 4 is 16.8 Å². The van der Waals surface area contributed by atoms with Crippen molar-refractivity contribution in [1.82, 2.24) is 20.0 Å². The number of piperidine rings is 3. The number of nitrogens with zero attached hydrogens (tertiary/aromatic N) is 3. The third kappa shape index (κ3) is 1.55. The Hall–Kier alpha value is -1.88. The fraction of sp³-hybridized carbons (Fsp3) is 0.500. The molecular weight excluding hydrogens is 264 g/mol. The van der Waals surface area contributed by atoms with E-state index < -0.39 is 0 Å². The lowest BCUT2D eigenvalue weighted by atomic mass is 9.82. The molecule has 21 heavy (non-hydrogen) atoms. The van der Waals surface area contributed by atoms with Crippen LogP contribution in [0.25, 0.3) is 10.9 Å². The SMILES string of the molecule is O=C1c2cccc3n[nH]c(c23)CN1C1CN2CCC1CC2. The number of aromatic amines is 1. The molecule has 6 rings (SSSR count). The Morgan fingerprint density at radius 2 is 2.10 bits per heavy atom. The second kappa shape index (κ2) is 4.07. The number of rotatable bonds is 1. The summed E-state index contributed by atoms with van der Waals surface area (Å²) < 4.78 is 0. The van der Waals surface area contributed by atoms with Gasteiger partial charge in [0.25, 0.3) is 5.91 Å². The molecule has 1 atom stereocenters. The van der Waals surface area contributed by atoms with Crippen LogP contribution in [0.1, 0.15) is 28.9 Å². The lowest BCUT2D eigenvalue weighted by Gasteiger charge is -2.49. The highest BCUT2D eigenvalue weighted by atomic mass is 16.2. The minimum absolute atomic E-state index is 0.188. The van der Waals surface area contributed by atoms with Gasteiger partial charge in [0.15, 0.2) is 0 Å². The summed E-state index contributed by atoms with van der Waals surface area (Å²) in [5.74, 6) is 0.857. The minimum atomic E-state index is 0.188. The first kappa shape index (κ1) is 11.7. The second-order valence-corrected chi connectivity index (χ2v) is 6.54. The Labute approximate surface area is 122 Å². The van der Waals surface area contributed by atoms with Gasteiger partial charge in [0.1, 0.15) is 0 Å². The van der Waals surface area contributed by atoms with Gasteiger partial charge in [0, 0.05) is 18.0 Å². The summed E-state index contributed by atoms with van der Waals surface area (Å²) in [6.07, 6.45) is 2.46. The summed E-state index contributed by atoms with van der Waals surface area (Å²) in [5, 5.41) is 8.50. The number of aromatic nitrogens is 2. The maximum Gasteiger partial charge on any atom is 0.255 e. The molecule has 1 aromatic heterocycles. The highest BCUT2D eigenvalue weighted by Crippen LogP contribution is 2.36. The average Bonchev–Trinajstić information content (AvgIpc) is 2.96. The van der Waals surface area contributed by atoms with Gasteiger partial charge in [-0.15, -0.1) is 0 Å². The topological polar surface area (TPSA) is 52.2 Å². The number of carbonyl (C=O) groups excluding carboxylic acids is 1. The van der Waals surface area contributed by atoms with Gasteiger partial charge >= 0.3 is 0 Å². The Balaban J connectivity index is 1.57. The maximum absolute atomic E-state index is 12.9. The van der Waals surface area contributed by atoms with Crippen LogP contribution in [0.2, 0.25) is 0 Å². The molecule has 4 aliphatic rings. The molecule has 2 bridgehead atoms. The van der Waals surface area contributed by atoms with Crippen molar-refractivity contribution in [1.29, 1.82) is 0 Å². The molecule has 5 nitrogen and oxygen atoms in total. The fourth-order valence-electron chi connectivity index (χ4n) is 4.38. The molecule has 3 fully saturated rings. The number of hydrogen-bond acceptors (Lipinski definition) is 3. The van der Waals surface area contributed by atoms with Crippen molar-refractivity contribution in [2.24, 2.45) is 5.92 Å². The Morgan fingerprint density at radius 3 is 2.86 bits per heavy atom. The number of benzene rings is 1. The van der Waals surface area contributed by atoms with Crippen LogP contribution in [-0.4, -0.2) is 51.6 Å². The van der Waals surface area contributed by atoms with Crippen LogP contribution in [0.5, 0.6) is 0 Å². The largest absolute Gasteiger partial charge is 0.328 e. The van der Waals surface area contributed by atoms with Crippen LogP contribution < -0.4 is 0 Å². The molecule has 0 spiro atoms. The molecule has 1 unspecified atom stereocenters. The monoisotopic (exact) mass is 282 g/mol. The first-order chi connectivity index (χ1) is 10.3. The minimum Gasteiger partial charge on any atom is -0.328 e. The first-order valence-electron chi connectivity index (χ1n) is 7.80. The van der Waals surface area contributed by atoms with E-state index in [1.807, 2.05) is 18.2 Å². The van der Waals surface area contributed by atoms with Crippen LogP contribution in [0.4, 0.5) is 0 Å². The Bertz CT molecular complexity index is 729. The molecule has 108 valence electrons. The molecule has 0 saturated carbocycles. The van der Waals surface area contributed by atoms with Crippen LogP contribution in [0.15, 0.2) is 18.2 Å². The van der Waals surface area contributed by atoms with E-state index >= 15 is 0 Å². The van der Waals surface area contributed by atoms with Crippen molar-refractivity contribution in [3.8, 4) is 0 Å². The predicted molar refractivity (Wildman–Crippen MR) is 78.9 cm³/mol. The van der Waals surface area contributed by atoms with E-state index in [-0.39, 0.29) is 5.91 Å². The number of H-pyrrole nitrogens is 1. The zero-order valence-corrected chi connectivity index (χ0v) is 11.9. The summed E-state index contributed by atoms with van der Waals surface area (Å²) >= 11 is 0. The maximum atomic E-state index is 12.9. The molecular formula is C16H18N4O. The zero-order valence-electron chi connectivity index (χ0n) is 11.9. The molecule has 1 aromatic carbocycles. The highest BCUT2D eigenvalue weighted by Gasteiger charge is 2.41. The Morgan fingerprint density at radius 1 is 1.24 bits per heavy atom. The first-order valence-corrected chi connectivity index (χ1v) is 7.80. The van der Waals surface area contributed by atoms with Crippen LogP contribution in [0.3, 0.4) is 0 Å². The third-order valence-electron chi connectivity index (χ3n) is 5.50. The van der Waals surface area contributed by atoms with Crippen molar-refractivity contribution < 1.29 is 4.79 Å². The van der Waals surface area contributed by atoms with E-state index in [2.05, 4.69) is 20.0 Å². The van der Waals surface area contributed by atoms with E-state index in [0.717, 1.165) is 28.7 Å². The molecule has 3 saturated heterocycles. The van der Waals surface area contributed by atoms with Crippen molar-refractivity contribution in [3.63, 3.8) is 0 Å². The van der Waals surface area contributed by atoms with E-state index in [1.54, 1.807) is 0 Å². The van der Waals surface area contributed by atoms with Gasteiger partial charge < -0.3 is 9.80 Å². The van der Waals surface area contributed by atoms with Crippen LogP contribution in [-0.2, 0) is 6.54 Å². The summed E-state index contributed by atoms with van der Waals surface area (Å²) in [5.41, 5.74) is 2.82. The van der Waals surface area contributed by atoms with E-state index in [4.69, 9.17) is 0 Å². The second-order valence-electron chi connectivity index (χ2n) is 6.54. The van der Waals surface area contributed by atoms with Gasteiger partial charge in [-0.1, -0.05) is 6.07 Å². The van der Waals surface area contributed by atoms with Gasteiger partial charge in [0.2, 0.25) is 0 Å². The van der Waals surface area contributed by atoms with E-state index in [9.17, 15) is 4.79 Å². The number of amides is 1. The van der Waals surface area contributed by atoms with Crippen LogP contribution >= 0.6 is 0 Å². The molecule has 5 heteroatoms. The summed E-state index contributed by atoms with van der Waals surface area (Å²) in [6, 6.07) is 6.21. The third-order valence-corrected chi connectivity index (χ3v) is 5.50. The lowest BCUT2D eigenvalue weighted by molar-refractivity contribution is 0.00367. The van der Waals surface area contributed by atoms with E-state index in [1.165, 1.54) is 25.9 Å². The van der Waals surface area contributed by atoms with Gasteiger partial charge in [-0.3, -0.25) is 9.89 Å². The van der Waals surface area contributed by atoms with Gasteiger partial charge in [-0.25, -0.2) is 0 Å². The van der Waals surface area contributed by atoms with Crippen LogP contribution in [0, 0.1) is 5.92 Å². The number of nitrogens with one attached hydrogen (secondary N) is 1. The predicted octanol–water partition coefficient (Wildman–Crippen LogP) is 1.61. The molecule has 4 aliphatic heterocycles. The molecule has 0 aliphatic carbocycles. The standard InChI is InChI=1S/C16H18N4O/c21-16-11-2-1-3-12-15(11)13(18-17-12)8-20(16)14-9-19-6-4-10(14)5-7-19/h1-3,10,14H,4-9H2,(H,17,18). The van der Waals surface area contributed by atoms with Gasteiger partial charge in [-0.2, -0.15) is 5.10 Å². The molecule has 5 heterocycles. The zero-order chi connectivity index (χ0) is 14.0. The number of carbonyl (C=O) groups is 1. The molecule has 2 aromatic rings. The van der Waals surface area contributed by atoms with E-state index in [0.29, 0.717) is 18.5 Å². The summed E-state index contributed by atoms with van der Waals surface area (Å²) in [6.45, 7) is 4.12. The van der Waals surface area contributed by atoms with Crippen molar-refractivity contribution in [3.05, 3.63) is 29.5 Å². The molecule has 1 amide bonds. The fourth-order valence-corrected chi connectivity index (χ4v) is 4.38. The summed E-state index contributed by atoms with van der Waals surface area (Å²) in [4.78, 5) is 17.5. The van der Waals surface area contributed by atoms with Gasteiger partial charge in [0.05, 0.1) is 23.3 Å². The lowest BCUT2D eigenvalue weighted by Crippen LogP contribution is -2.58. The average molecular weight is 282 g/mol. The summed E-state index contributed by atoms with van der Waals surface area (Å²) in [7, 11) is 0. The van der Waals surface area contributed by atoms with Gasteiger partial charge in [-0.05, 0) is 44.0 Å². The smallest absolute Gasteiger partial charge is 0.255 e.